The summed E-state index contributed by atoms with van der Waals surface area (Å²) in [5, 5.41) is 11.3. The second-order valence-electron chi connectivity index (χ2n) is 2.98. The highest BCUT2D eigenvalue weighted by atomic mass is 16.5. The molecule has 0 fully saturated rings. The van der Waals surface area contributed by atoms with Gasteiger partial charge in [0.15, 0.2) is 0 Å². The number of carbonyl (C=O) groups excluding carboxylic acids is 1. The largest absolute Gasteiger partial charge is 0.384 e. The molecule has 0 atom stereocenters. The van der Waals surface area contributed by atoms with Gasteiger partial charge in [-0.2, -0.15) is 5.26 Å². The molecule has 78 valence electrons. The number of hydrogen-bond donors (Lipinski definition) is 1. The molecule has 0 spiro atoms. The molecule has 0 saturated carbocycles. The van der Waals surface area contributed by atoms with Crippen LogP contribution in [0.4, 0.5) is 5.69 Å². The van der Waals surface area contributed by atoms with Gasteiger partial charge in [0.2, 0.25) is 5.91 Å². The van der Waals surface area contributed by atoms with E-state index in [1.807, 2.05) is 6.07 Å². The van der Waals surface area contributed by atoms with Crippen LogP contribution in [0.15, 0.2) is 24.3 Å². The Labute approximate surface area is 88.5 Å². The van der Waals surface area contributed by atoms with E-state index in [2.05, 4.69) is 5.32 Å². The van der Waals surface area contributed by atoms with Gasteiger partial charge in [-0.25, -0.2) is 0 Å². The molecule has 0 bridgehead atoms. The topological polar surface area (TPSA) is 62.1 Å². The Morgan fingerprint density at radius 3 is 3.07 bits per heavy atom. The summed E-state index contributed by atoms with van der Waals surface area (Å²) in [6.07, 6.45) is 0.313. The first-order valence-electron chi connectivity index (χ1n) is 4.55. The van der Waals surface area contributed by atoms with E-state index in [0.29, 0.717) is 24.3 Å². The second-order valence-corrected chi connectivity index (χ2v) is 2.98. The predicted molar refractivity (Wildman–Crippen MR) is 56.3 cm³/mol. The number of ether oxygens (including phenoxy) is 1. The summed E-state index contributed by atoms with van der Waals surface area (Å²) in [6, 6.07) is 8.79. The number of hydrogen-bond acceptors (Lipinski definition) is 3. The van der Waals surface area contributed by atoms with Gasteiger partial charge in [0.05, 0.1) is 24.7 Å². The number of anilines is 1. The maximum Gasteiger partial charge on any atom is 0.226 e. The lowest BCUT2D eigenvalue weighted by Gasteiger charge is -2.04. The minimum Gasteiger partial charge on any atom is -0.384 e. The van der Waals surface area contributed by atoms with Gasteiger partial charge in [-0.1, -0.05) is 6.07 Å². The van der Waals surface area contributed by atoms with Gasteiger partial charge in [0, 0.05) is 12.8 Å². The normalized spacial score (nSPS) is 9.33. The molecule has 0 unspecified atom stereocenters. The summed E-state index contributed by atoms with van der Waals surface area (Å²) >= 11 is 0. The molecule has 0 heterocycles. The molecule has 1 rings (SSSR count). The van der Waals surface area contributed by atoms with Crippen LogP contribution in [0.3, 0.4) is 0 Å². The summed E-state index contributed by atoms with van der Waals surface area (Å²) in [5.41, 5.74) is 1.16. The summed E-state index contributed by atoms with van der Waals surface area (Å²) in [4.78, 5) is 11.3. The van der Waals surface area contributed by atoms with Gasteiger partial charge in [0.1, 0.15) is 0 Å². The fourth-order valence-corrected chi connectivity index (χ4v) is 1.08. The number of nitrogens with zero attached hydrogens (tertiary/aromatic N) is 1. The van der Waals surface area contributed by atoms with E-state index in [1.165, 1.54) is 0 Å². The Morgan fingerprint density at radius 2 is 2.40 bits per heavy atom. The average molecular weight is 204 g/mol. The number of nitrogens with one attached hydrogen (secondary N) is 1. The zero-order valence-corrected chi connectivity index (χ0v) is 8.49. The molecule has 0 aliphatic carbocycles. The molecule has 0 aliphatic heterocycles. The molecule has 1 N–H and O–H groups in total. The van der Waals surface area contributed by atoms with Crippen LogP contribution in [-0.4, -0.2) is 19.6 Å². The van der Waals surface area contributed by atoms with Crippen LogP contribution in [0.25, 0.3) is 0 Å². The van der Waals surface area contributed by atoms with Crippen LogP contribution < -0.4 is 5.32 Å². The van der Waals surface area contributed by atoms with E-state index < -0.39 is 0 Å². The van der Waals surface area contributed by atoms with Gasteiger partial charge < -0.3 is 10.1 Å². The fourth-order valence-electron chi connectivity index (χ4n) is 1.08. The summed E-state index contributed by atoms with van der Waals surface area (Å²) in [7, 11) is 1.55. The zero-order chi connectivity index (χ0) is 11.1. The third kappa shape index (κ3) is 3.79. The number of rotatable bonds is 4. The van der Waals surface area contributed by atoms with E-state index in [4.69, 9.17) is 10.00 Å². The molecule has 1 aromatic rings. The first-order valence-corrected chi connectivity index (χ1v) is 4.55. The molecule has 4 heteroatoms. The Hall–Kier alpha value is -1.86. The highest BCUT2D eigenvalue weighted by molar-refractivity contribution is 5.90. The van der Waals surface area contributed by atoms with Crippen LogP contribution >= 0.6 is 0 Å². The van der Waals surface area contributed by atoms with Crippen LogP contribution in [-0.2, 0) is 9.53 Å². The van der Waals surface area contributed by atoms with Crippen LogP contribution in [0.5, 0.6) is 0 Å². The standard InChI is InChI=1S/C11H12N2O2/c1-15-6-5-11(14)13-10-4-2-3-9(7-10)8-12/h2-4,7H,5-6H2,1H3,(H,13,14). The van der Waals surface area contributed by atoms with Crippen molar-refractivity contribution in [2.75, 3.05) is 19.0 Å². The minimum absolute atomic E-state index is 0.119. The first kappa shape index (κ1) is 11.2. The summed E-state index contributed by atoms with van der Waals surface area (Å²) < 4.78 is 4.78. The maximum absolute atomic E-state index is 11.3. The minimum atomic E-state index is -0.119. The van der Waals surface area contributed by atoms with Crippen molar-refractivity contribution in [3.63, 3.8) is 0 Å². The third-order valence-electron chi connectivity index (χ3n) is 1.81. The zero-order valence-electron chi connectivity index (χ0n) is 8.49. The molecule has 15 heavy (non-hydrogen) atoms. The number of amides is 1. The third-order valence-corrected chi connectivity index (χ3v) is 1.81. The number of benzene rings is 1. The summed E-state index contributed by atoms with van der Waals surface area (Å²) in [6.45, 7) is 0.393. The van der Waals surface area contributed by atoms with E-state index >= 15 is 0 Å². The monoisotopic (exact) mass is 204 g/mol. The van der Waals surface area contributed by atoms with Crippen molar-refractivity contribution < 1.29 is 9.53 Å². The molecular weight excluding hydrogens is 192 g/mol. The molecule has 4 nitrogen and oxygen atoms in total. The van der Waals surface area contributed by atoms with Gasteiger partial charge >= 0.3 is 0 Å². The molecule has 1 amide bonds. The number of methoxy groups -OCH3 is 1. The van der Waals surface area contributed by atoms with E-state index in [9.17, 15) is 4.79 Å². The van der Waals surface area contributed by atoms with Gasteiger partial charge in [-0.3, -0.25) is 4.79 Å². The van der Waals surface area contributed by atoms with Crippen molar-refractivity contribution in [3.8, 4) is 6.07 Å². The number of nitriles is 1. The van der Waals surface area contributed by atoms with Crippen molar-refractivity contribution in [1.29, 1.82) is 5.26 Å². The van der Waals surface area contributed by atoms with Crippen molar-refractivity contribution in [3.05, 3.63) is 29.8 Å². The van der Waals surface area contributed by atoms with E-state index in [0.717, 1.165) is 0 Å². The Kier molecular flexibility index (Phi) is 4.32. The highest BCUT2D eigenvalue weighted by Crippen LogP contribution is 2.09. The van der Waals surface area contributed by atoms with Crippen LogP contribution in [0.1, 0.15) is 12.0 Å². The summed E-state index contributed by atoms with van der Waals surface area (Å²) in [5.74, 6) is -0.119. The average Bonchev–Trinajstić information content (AvgIpc) is 2.26. The van der Waals surface area contributed by atoms with E-state index in [1.54, 1.807) is 31.4 Å². The smallest absolute Gasteiger partial charge is 0.226 e. The Bertz CT molecular complexity index is 382. The Balaban J connectivity index is 2.57. The number of carbonyl (C=O) groups is 1. The van der Waals surface area contributed by atoms with Gasteiger partial charge in [-0.15, -0.1) is 0 Å². The maximum atomic E-state index is 11.3. The van der Waals surface area contributed by atoms with Crippen molar-refractivity contribution in [1.82, 2.24) is 0 Å². The predicted octanol–water partition coefficient (Wildman–Crippen LogP) is 1.53. The van der Waals surface area contributed by atoms with Crippen LogP contribution in [0.2, 0.25) is 0 Å². The van der Waals surface area contributed by atoms with Gasteiger partial charge in [-0.05, 0) is 18.2 Å². The molecule has 0 aromatic heterocycles. The first-order chi connectivity index (χ1) is 7.26. The lowest BCUT2D eigenvalue weighted by atomic mass is 10.2. The lowest BCUT2D eigenvalue weighted by molar-refractivity contribution is -0.117. The highest BCUT2D eigenvalue weighted by Gasteiger charge is 2.01. The lowest BCUT2D eigenvalue weighted by Crippen LogP contribution is -2.13. The van der Waals surface area contributed by atoms with Gasteiger partial charge in [0.25, 0.3) is 0 Å². The van der Waals surface area contributed by atoms with Crippen molar-refractivity contribution in [2.24, 2.45) is 0 Å². The Morgan fingerprint density at radius 1 is 1.60 bits per heavy atom. The molecule has 1 aromatic carbocycles. The SMILES string of the molecule is COCCC(=O)Nc1cccc(C#N)c1. The van der Waals surface area contributed by atoms with Crippen molar-refractivity contribution >= 4 is 11.6 Å². The van der Waals surface area contributed by atoms with E-state index in [-0.39, 0.29) is 5.91 Å². The van der Waals surface area contributed by atoms with Crippen molar-refractivity contribution in [2.45, 2.75) is 6.42 Å². The molecule has 0 radical (unpaired) electrons. The quantitative estimate of drug-likeness (QED) is 0.809. The molecule has 0 aliphatic rings. The second kappa shape index (κ2) is 5.78. The molecule has 0 saturated heterocycles. The molecular formula is C11H12N2O2. The fraction of sp³-hybridized carbons (Fsp3) is 0.273. The van der Waals surface area contributed by atoms with Crippen LogP contribution in [0, 0.1) is 11.3 Å².